The maximum atomic E-state index is 13.2. The first-order valence-electron chi connectivity index (χ1n) is 8.92. The van der Waals surface area contributed by atoms with E-state index in [1.165, 1.54) is 0 Å². The zero-order valence-electron chi connectivity index (χ0n) is 15.3. The van der Waals surface area contributed by atoms with Gasteiger partial charge in [-0.15, -0.1) is 0 Å². The van der Waals surface area contributed by atoms with E-state index in [1.54, 1.807) is 34.3 Å². The van der Waals surface area contributed by atoms with Gasteiger partial charge in [-0.3, -0.25) is 19.6 Å². The first kappa shape index (κ1) is 17.1. The zero-order chi connectivity index (χ0) is 19.0. The average molecular weight is 360 g/mol. The van der Waals surface area contributed by atoms with E-state index in [2.05, 4.69) is 9.97 Å². The van der Waals surface area contributed by atoms with Crippen LogP contribution in [-0.2, 0) is 4.79 Å². The molecular weight excluding hydrogens is 340 g/mol. The van der Waals surface area contributed by atoms with Crippen LogP contribution < -0.4 is 4.90 Å². The molecule has 2 aromatic carbocycles. The fraction of sp³-hybridized carbons (Fsp3) is 0.238. The van der Waals surface area contributed by atoms with Gasteiger partial charge < -0.3 is 9.80 Å². The van der Waals surface area contributed by atoms with Gasteiger partial charge in [-0.25, -0.2) is 0 Å². The molecule has 0 N–H and O–H groups in total. The van der Waals surface area contributed by atoms with Crippen molar-refractivity contribution in [2.45, 2.75) is 19.9 Å². The van der Waals surface area contributed by atoms with Gasteiger partial charge in [0.2, 0.25) is 5.91 Å². The van der Waals surface area contributed by atoms with Gasteiger partial charge in [-0.1, -0.05) is 18.2 Å². The monoisotopic (exact) mass is 360 g/mol. The van der Waals surface area contributed by atoms with Gasteiger partial charge in [0.1, 0.15) is 12.1 Å². The molecule has 0 radical (unpaired) electrons. The average Bonchev–Trinajstić information content (AvgIpc) is 2.68. The number of carbonyl (C=O) groups is 2. The number of carbonyl (C=O) groups excluding carboxylic acids is 2. The maximum Gasteiger partial charge on any atom is 0.256 e. The molecule has 1 atom stereocenters. The molecule has 6 nitrogen and oxygen atoms in total. The van der Waals surface area contributed by atoms with Crippen molar-refractivity contribution in [2.75, 3.05) is 18.0 Å². The highest BCUT2D eigenvalue weighted by Crippen LogP contribution is 2.24. The Bertz CT molecular complexity index is 1030. The summed E-state index contributed by atoms with van der Waals surface area (Å²) in [5, 5.41) is 0. The van der Waals surface area contributed by atoms with Crippen LogP contribution in [0, 0.1) is 6.92 Å². The van der Waals surface area contributed by atoms with Crippen molar-refractivity contribution < 1.29 is 9.59 Å². The number of para-hydroxylation sites is 1. The minimum absolute atomic E-state index is 0.0462. The van der Waals surface area contributed by atoms with E-state index >= 15 is 0 Å². The Morgan fingerprint density at radius 1 is 1.11 bits per heavy atom. The van der Waals surface area contributed by atoms with Crippen LogP contribution in [-0.4, -0.2) is 45.8 Å². The number of piperazine rings is 1. The maximum absolute atomic E-state index is 13.2. The van der Waals surface area contributed by atoms with Gasteiger partial charge in [0, 0.05) is 30.7 Å². The number of fused-ring (bicyclic) bond motifs is 1. The van der Waals surface area contributed by atoms with Crippen molar-refractivity contribution >= 4 is 28.5 Å². The molecule has 1 aliphatic rings. The van der Waals surface area contributed by atoms with Gasteiger partial charge >= 0.3 is 0 Å². The molecular formula is C21H20N4O2. The summed E-state index contributed by atoms with van der Waals surface area (Å²) in [7, 11) is 0. The molecule has 6 heteroatoms. The largest absolute Gasteiger partial charge is 0.325 e. The Morgan fingerprint density at radius 3 is 2.70 bits per heavy atom. The number of hydrogen-bond acceptors (Lipinski definition) is 4. The predicted molar refractivity (Wildman–Crippen MR) is 104 cm³/mol. The number of anilines is 1. The molecule has 0 bridgehead atoms. The van der Waals surface area contributed by atoms with E-state index in [0.717, 1.165) is 11.3 Å². The summed E-state index contributed by atoms with van der Waals surface area (Å²) < 4.78 is 0. The molecule has 27 heavy (non-hydrogen) atoms. The first-order valence-corrected chi connectivity index (χ1v) is 8.92. The van der Waals surface area contributed by atoms with Crippen LogP contribution in [0.1, 0.15) is 22.8 Å². The van der Waals surface area contributed by atoms with Gasteiger partial charge in [0.25, 0.3) is 5.91 Å². The van der Waals surface area contributed by atoms with Gasteiger partial charge in [-0.05, 0) is 43.7 Å². The third kappa shape index (κ3) is 3.14. The highest BCUT2D eigenvalue weighted by molar-refractivity contribution is 6.07. The van der Waals surface area contributed by atoms with Crippen LogP contribution >= 0.6 is 0 Å². The van der Waals surface area contributed by atoms with E-state index in [4.69, 9.17) is 0 Å². The van der Waals surface area contributed by atoms with E-state index in [0.29, 0.717) is 23.1 Å². The lowest BCUT2D eigenvalue weighted by Gasteiger charge is -2.39. The fourth-order valence-electron chi connectivity index (χ4n) is 3.49. The lowest BCUT2D eigenvalue weighted by Crippen LogP contribution is -2.57. The van der Waals surface area contributed by atoms with Crippen LogP contribution in [0.15, 0.2) is 54.9 Å². The Balaban J connectivity index is 1.62. The molecule has 1 aromatic heterocycles. The Labute approximate surface area is 157 Å². The second kappa shape index (κ2) is 6.79. The highest BCUT2D eigenvalue weighted by atomic mass is 16.2. The Hall–Kier alpha value is -3.28. The zero-order valence-corrected chi connectivity index (χ0v) is 15.3. The fourth-order valence-corrected chi connectivity index (χ4v) is 3.49. The Morgan fingerprint density at radius 2 is 1.89 bits per heavy atom. The van der Waals surface area contributed by atoms with Gasteiger partial charge in [-0.2, -0.15) is 0 Å². The van der Waals surface area contributed by atoms with Gasteiger partial charge in [0.15, 0.2) is 0 Å². The number of aromatic nitrogens is 2. The first-order chi connectivity index (χ1) is 13.0. The molecule has 1 fully saturated rings. The third-order valence-corrected chi connectivity index (χ3v) is 4.89. The Kier molecular flexibility index (Phi) is 4.32. The quantitative estimate of drug-likeness (QED) is 0.705. The number of hydrogen-bond donors (Lipinski definition) is 0. The van der Waals surface area contributed by atoms with Crippen molar-refractivity contribution in [1.82, 2.24) is 14.9 Å². The van der Waals surface area contributed by atoms with Crippen molar-refractivity contribution in [1.29, 1.82) is 0 Å². The summed E-state index contributed by atoms with van der Waals surface area (Å²) in [6.45, 7) is 4.47. The summed E-state index contributed by atoms with van der Waals surface area (Å²) in [5.74, 6) is -0.274. The summed E-state index contributed by atoms with van der Waals surface area (Å²) in [6.07, 6.45) is 3.17. The predicted octanol–water partition coefficient (Wildman–Crippen LogP) is 2.82. The third-order valence-electron chi connectivity index (χ3n) is 4.89. The van der Waals surface area contributed by atoms with Crippen molar-refractivity contribution in [2.24, 2.45) is 0 Å². The number of benzene rings is 2. The molecule has 136 valence electrons. The van der Waals surface area contributed by atoms with E-state index in [1.807, 2.05) is 44.2 Å². The molecule has 3 aromatic rings. The number of nitrogens with zero attached hydrogens (tertiary/aromatic N) is 4. The van der Waals surface area contributed by atoms with Crippen LogP contribution in [0.25, 0.3) is 11.0 Å². The second-order valence-corrected chi connectivity index (χ2v) is 6.86. The number of aryl methyl sites for hydroxylation is 1. The minimum atomic E-state index is -0.189. The summed E-state index contributed by atoms with van der Waals surface area (Å²) in [5.41, 5.74) is 3.67. The van der Waals surface area contributed by atoms with Crippen molar-refractivity contribution in [3.05, 3.63) is 66.0 Å². The smallest absolute Gasteiger partial charge is 0.256 e. The number of rotatable bonds is 2. The standard InChI is InChI=1S/C21H20N4O2/c1-14-5-3-6-16(11-14)25-12-15(2)24(13-19(25)26)21(27)17-7-4-8-18-20(17)23-10-9-22-18/h3-11,15H,12-13H2,1-2H3/t15-/m0/s1. The molecule has 0 spiro atoms. The SMILES string of the molecule is Cc1cccc(N2C[C@H](C)N(C(=O)c3cccc4nccnc34)CC2=O)c1. The summed E-state index contributed by atoms with van der Waals surface area (Å²) in [4.78, 5) is 37.9. The normalized spacial score (nSPS) is 17.4. The summed E-state index contributed by atoms with van der Waals surface area (Å²) >= 11 is 0. The minimum Gasteiger partial charge on any atom is -0.325 e. The topological polar surface area (TPSA) is 66.4 Å². The van der Waals surface area contributed by atoms with Crippen molar-refractivity contribution in [3.63, 3.8) is 0 Å². The second-order valence-electron chi connectivity index (χ2n) is 6.86. The van der Waals surface area contributed by atoms with Gasteiger partial charge in [0.05, 0.1) is 11.1 Å². The highest BCUT2D eigenvalue weighted by Gasteiger charge is 2.34. The lowest BCUT2D eigenvalue weighted by atomic mass is 10.1. The molecule has 4 rings (SSSR count). The molecule has 1 aliphatic heterocycles. The van der Waals surface area contributed by atoms with Crippen LogP contribution in [0.5, 0.6) is 0 Å². The van der Waals surface area contributed by atoms with Crippen LogP contribution in [0.3, 0.4) is 0 Å². The van der Waals surface area contributed by atoms with E-state index in [9.17, 15) is 9.59 Å². The van der Waals surface area contributed by atoms with Crippen molar-refractivity contribution in [3.8, 4) is 0 Å². The van der Waals surface area contributed by atoms with E-state index in [-0.39, 0.29) is 24.4 Å². The summed E-state index contributed by atoms with van der Waals surface area (Å²) in [6, 6.07) is 13.1. The van der Waals surface area contributed by atoms with Crippen LogP contribution in [0.2, 0.25) is 0 Å². The molecule has 0 saturated carbocycles. The molecule has 0 unspecified atom stereocenters. The van der Waals surface area contributed by atoms with E-state index < -0.39 is 0 Å². The molecule has 1 saturated heterocycles. The van der Waals surface area contributed by atoms with Crippen LogP contribution in [0.4, 0.5) is 5.69 Å². The molecule has 2 amide bonds. The lowest BCUT2D eigenvalue weighted by molar-refractivity contribution is -0.121. The molecule has 2 heterocycles. The number of amides is 2. The molecule has 0 aliphatic carbocycles.